The molecule has 0 saturated heterocycles. The van der Waals surface area contributed by atoms with Crippen LogP contribution in [0.4, 0.5) is 0 Å². The molecular weight excluding hydrogens is 448 g/mol. The van der Waals surface area contributed by atoms with Gasteiger partial charge in [0.1, 0.15) is 11.5 Å². The van der Waals surface area contributed by atoms with E-state index in [-0.39, 0.29) is 6.61 Å². The van der Waals surface area contributed by atoms with Gasteiger partial charge in [0, 0.05) is 0 Å². The maximum Gasteiger partial charge on any atom is 0.279 e. The molecule has 2 aromatic carbocycles. The second-order valence-electron chi connectivity index (χ2n) is 7.12. The lowest BCUT2D eigenvalue weighted by molar-refractivity contribution is -0.134. The Bertz CT molecular complexity index is 872. The third kappa shape index (κ3) is 6.76. The van der Waals surface area contributed by atoms with Gasteiger partial charge in [0.25, 0.3) is 11.8 Å². The molecular formula is C23H29BrN2O4. The van der Waals surface area contributed by atoms with Crippen LogP contribution in [0.2, 0.25) is 0 Å². The monoisotopic (exact) mass is 476 g/mol. The van der Waals surface area contributed by atoms with E-state index in [0.29, 0.717) is 23.8 Å². The van der Waals surface area contributed by atoms with Crippen LogP contribution in [0.3, 0.4) is 0 Å². The first-order valence-corrected chi connectivity index (χ1v) is 10.9. The van der Waals surface area contributed by atoms with E-state index < -0.39 is 17.9 Å². The zero-order valence-electron chi connectivity index (χ0n) is 17.8. The molecule has 0 bridgehead atoms. The maximum atomic E-state index is 12.5. The molecule has 2 N–H and O–H groups in total. The van der Waals surface area contributed by atoms with Crippen molar-refractivity contribution in [1.82, 2.24) is 10.9 Å². The van der Waals surface area contributed by atoms with Gasteiger partial charge in [-0.1, -0.05) is 45.0 Å². The lowest BCUT2D eigenvalue weighted by atomic mass is 9.98. The number of carbonyl (C=O) groups excluding carboxylic acids is 2. The van der Waals surface area contributed by atoms with Crippen molar-refractivity contribution in [3.05, 3.63) is 58.1 Å². The molecule has 2 atom stereocenters. The Balaban J connectivity index is 1.89. The Labute approximate surface area is 186 Å². The van der Waals surface area contributed by atoms with E-state index >= 15 is 0 Å². The second kappa shape index (κ2) is 11.6. The molecule has 0 heterocycles. The summed E-state index contributed by atoms with van der Waals surface area (Å²) in [5, 5.41) is 0. The zero-order valence-corrected chi connectivity index (χ0v) is 19.4. The smallest absolute Gasteiger partial charge is 0.279 e. The molecule has 0 aliphatic carbocycles. The van der Waals surface area contributed by atoms with Gasteiger partial charge in [-0.2, -0.15) is 0 Å². The van der Waals surface area contributed by atoms with Gasteiger partial charge in [0.2, 0.25) is 0 Å². The average molecular weight is 477 g/mol. The van der Waals surface area contributed by atoms with Crippen LogP contribution >= 0.6 is 15.9 Å². The van der Waals surface area contributed by atoms with Gasteiger partial charge < -0.3 is 9.47 Å². The Morgan fingerprint density at radius 3 is 2.43 bits per heavy atom. The average Bonchev–Trinajstić information content (AvgIpc) is 2.74. The third-order valence-corrected chi connectivity index (χ3v) is 5.39. The number of hydrogen-bond donors (Lipinski definition) is 2. The number of carbonyl (C=O) groups is 2. The Morgan fingerprint density at radius 1 is 1.03 bits per heavy atom. The van der Waals surface area contributed by atoms with Crippen molar-refractivity contribution in [2.75, 3.05) is 6.61 Å². The van der Waals surface area contributed by atoms with Crippen molar-refractivity contribution in [3.63, 3.8) is 0 Å². The fourth-order valence-electron chi connectivity index (χ4n) is 2.80. The number of ether oxygens (including phenoxy) is 2. The van der Waals surface area contributed by atoms with Gasteiger partial charge in [-0.05, 0) is 70.9 Å². The molecule has 2 rings (SSSR count). The number of hydrogen-bond acceptors (Lipinski definition) is 4. The Morgan fingerprint density at radius 2 is 1.77 bits per heavy atom. The summed E-state index contributed by atoms with van der Waals surface area (Å²) < 4.78 is 12.2. The van der Waals surface area contributed by atoms with E-state index in [1.165, 1.54) is 0 Å². The van der Waals surface area contributed by atoms with Crippen LogP contribution in [0.5, 0.6) is 11.5 Å². The van der Waals surface area contributed by atoms with Gasteiger partial charge in [-0.3, -0.25) is 20.4 Å². The van der Waals surface area contributed by atoms with E-state index in [9.17, 15) is 9.59 Å². The van der Waals surface area contributed by atoms with Crippen LogP contribution in [0.25, 0.3) is 0 Å². The molecule has 0 aromatic heterocycles. The highest BCUT2D eigenvalue weighted by Gasteiger charge is 2.21. The Kier molecular flexibility index (Phi) is 9.17. The van der Waals surface area contributed by atoms with E-state index in [1.54, 1.807) is 6.07 Å². The first-order chi connectivity index (χ1) is 14.3. The minimum atomic E-state index is -0.720. The Hall–Kier alpha value is -2.54. The first kappa shape index (κ1) is 23.7. The summed E-state index contributed by atoms with van der Waals surface area (Å²) in [7, 11) is 0. The van der Waals surface area contributed by atoms with Gasteiger partial charge >= 0.3 is 0 Å². The molecule has 7 heteroatoms. The van der Waals surface area contributed by atoms with Crippen molar-refractivity contribution in [2.45, 2.75) is 52.6 Å². The van der Waals surface area contributed by atoms with Crippen molar-refractivity contribution < 1.29 is 19.1 Å². The summed E-state index contributed by atoms with van der Waals surface area (Å²) in [6.45, 7) is 7.82. The number of nitrogens with one attached hydrogen (secondary N) is 2. The summed E-state index contributed by atoms with van der Waals surface area (Å²) in [6.07, 6.45) is 0.711. The van der Waals surface area contributed by atoms with Gasteiger partial charge in [-0.25, -0.2) is 0 Å². The van der Waals surface area contributed by atoms with Crippen molar-refractivity contribution in [1.29, 1.82) is 0 Å². The van der Waals surface area contributed by atoms with Crippen LogP contribution in [-0.2, 0) is 9.59 Å². The van der Waals surface area contributed by atoms with Crippen LogP contribution < -0.4 is 20.3 Å². The third-order valence-electron chi connectivity index (χ3n) is 4.77. The lowest BCUT2D eigenvalue weighted by Gasteiger charge is -2.21. The standard InChI is InChI=1S/C23H29BrN2O4/c1-5-16(4)17-9-7-8-10-20(17)30-19(6-2)23(28)26-25-22(27)14-29-21-12-11-15(3)13-18(21)24/h7-13,16,19H,5-6,14H2,1-4H3,(H,25,27)(H,26,28). The fourth-order valence-corrected chi connectivity index (χ4v) is 3.41. The minimum absolute atomic E-state index is 0.226. The molecule has 2 unspecified atom stereocenters. The summed E-state index contributed by atoms with van der Waals surface area (Å²) in [4.78, 5) is 24.5. The number of amides is 2. The number of halogens is 1. The predicted molar refractivity (Wildman–Crippen MR) is 121 cm³/mol. The highest BCUT2D eigenvalue weighted by Crippen LogP contribution is 2.29. The van der Waals surface area contributed by atoms with Crippen LogP contribution in [-0.4, -0.2) is 24.5 Å². The zero-order chi connectivity index (χ0) is 22.1. The van der Waals surface area contributed by atoms with Crippen LogP contribution in [0.1, 0.15) is 50.7 Å². The van der Waals surface area contributed by atoms with Gasteiger partial charge in [-0.15, -0.1) is 0 Å². The number of benzene rings is 2. The number of rotatable bonds is 9. The largest absolute Gasteiger partial charge is 0.483 e. The van der Waals surface area contributed by atoms with Crippen molar-refractivity contribution in [2.24, 2.45) is 0 Å². The van der Waals surface area contributed by atoms with E-state index in [1.807, 2.05) is 50.2 Å². The normalized spacial score (nSPS) is 12.6. The fraction of sp³-hybridized carbons (Fsp3) is 0.391. The SMILES string of the molecule is CCC(Oc1ccccc1C(C)CC)C(=O)NNC(=O)COc1ccc(C)cc1Br. The highest BCUT2D eigenvalue weighted by molar-refractivity contribution is 9.10. The maximum absolute atomic E-state index is 12.5. The first-order valence-electron chi connectivity index (χ1n) is 10.1. The van der Waals surface area contributed by atoms with E-state index in [4.69, 9.17) is 9.47 Å². The molecule has 0 aliphatic rings. The number of aryl methyl sites for hydroxylation is 1. The number of para-hydroxylation sites is 1. The van der Waals surface area contributed by atoms with Crippen molar-refractivity contribution in [3.8, 4) is 11.5 Å². The van der Waals surface area contributed by atoms with Crippen molar-refractivity contribution >= 4 is 27.7 Å². The molecule has 2 aromatic rings. The molecule has 0 spiro atoms. The summed E-state index contributed by atoms with van der Waals surface area (Å²) in [6, 6.07) is 13.3. The predicted octanol–water partition coefficient (Wildman–Crippen LogP) is 4.65. The lowest BCUT2D eigenvalue weighted by Crippen LogP contribution is -2.49. The van der Waals surface area contributed by atoms with Gasteiger partial charge in [0.05, 0.1) is 4.47 Å². The topological polar surface area (TPSA) is 76.7 Å². The highest BCUT2D eigenvalue weighted by atomic mass is 79.9. The summed E-state index contributed by atoms with van der Waals surface area (Å²) >= 11 is 3.40. The van der Waals surface area contributed by atoms with Crippen LogP contribution in [0, 0.1) is 6.92 Å². The second-order valence-corrected chi connectivity index (χ2v) is 7.98. The van der Waals surface area contributed by atoms with E-state index in [2.05, 4.69) is 40.6 Å². The summed E-state index contributed by atoms with van der Waals surface area (Å²) in [5.74, 6) is 0.679. The molecule has 2 amide bonds. The summed E-state index contributed by atoms with van der Waals surface area (Å²) in [5.41, 5.74) is 6.93. The molecule has 0 aliphatic heterocycles. The van der Waals surface area contributed by atoms with Gasteiger partial charge in [0.15, 0.2) is 12.7 Å². The number of hydrazine groups is 1. The van der Waals surface area contributed by atoms with E-state index in [0.717, 1.165) is 22.0 Å². The molecule has 0 fully saturated rings. The molecule has 30 heavy (non-hydrogen) atoms. The molecule has 0 saturated carbocycles. The minimum Gasteiger partial charge on any atom is -0.483 e. The quantitative estimate of drug-likeness (QED) is 0.516. The molecule has 0 radical (unpaired) electrons. The van der Waals surface area contributed by atoms with Crippen LogP contribution in [0.15, 0.2) is 46.9 Å². The molecule has 6 nitrogen and oxygen atoms in total. The molecule has 162 valence electrons.